The van der Waals surface area contributed by atoms with Crippen molar-refractivity contribution in [2.75, 3.05) is 26.5 Å². The van der Waals surface area contributed by atoms with E-state index in [1.165, 1.54) is 62.9 Å². The summed E-state index contributed by atoms with van der Waals surface area (Å²) in [6.45, 7) is 0. The van der Waals surface area contributed by atoms with E-state index in [2.05, 4.69) is 10.3 Å². The second-order valence-corrected chi connectivity index (χ2v) is 10.1. The number of sulfonamides is 1. The lowest BCUT2D eigenvalue weighted by Gasteiger charge is -2.15. The van der Waals surface area contributed by atoms with Crippen molar-refractivity contribution < 1.29 is 31.1 Å². The van der Waals surface area contributed by atoms with E-state index in [4.69, 9.17) is 4.74 Å². The number of aromatic nitrogens is 1. The summed E-state index contributed by atoms with van der Waals surface area (Å²) in [7, 11) is 0.316. The summed E-state index contributed by atoms with van der Waals surface area (Å²) in [5.74, 6) is -0.292. The fraction of sp³-hybridized carbons (Fsp3) is 0.238. The number of hydrogen-bond donors (Lipinski definition) is 1. The van der Waals surface area contributed by atoms with Crippen molar-refractivity contribution >= 4 is 33.0 Å². The predicted molar refractivity (Wildman–Crippen MR) is 119 cm³/mol. The molecule has 3 rings (SSSR count). The average molecular weight is 500 g/mol. The maximum atomic E-state index is 12.7. The molecule has 1 amide bonds. The molecule has 0 fully saturated rings. The van der Waals surface area contributed by atoms with Crippen LogP contribution in [-0.2, 0) is 27.4 Å². The van der Waals surface area contributed by atoms with Gasteiger partial charge in [-0.3, -0.25) is 4.79 Å². The van der Waals surface area contributed by atoms with E-state index in [1.54, 1.807) is 5.38 Å². The third-order valence-electron chi connectivity index (χ3n) is 4.56. The molecule has 1 aromatic heterocycles. The molecule has 176 valence electrons. The maximum Gasteiger partial charge on any atom is 0.416 e. The van der Waals surface area contributed by atoms with Crippen LogP contribution < -0.4 is 10.1 Å². The van der Waals surface area contributed by atoms with Crippen molar-refractivity contribution in [2.24, 2.45) is 0 Å². The van der Waals surface area contributed by atoms with Gasteiger partial charge in [0.2, 0.25) is 15.9 Å². The Morgan fingerprint density at radius 2 is 1.82 bits per heavy atom. The lowest BCUT2D eigenvalue weighted by atomic mass is 10.1. The van der Waals surface area contributed by atoms with Gasteiger partial charge in [0, 0.05) is 30.7 Å². The van der Waals surface area contributed by atoms with E-state index in [-0.39, 0.29) is 22.8 Å². The largest absolute Gasteiger partial charge is 0.495 e. The quantitative estimate of drug-likeness (QED) is 0.525. The number of hydrogen-bond acceptors (Lipinski definition) is 6. The number of nitrogens with one attached hydrogen (secondary N) is 1. The molecule has 0 aliphatic heterocycles. The zero-order chi connectivity index (χ0) is 24.4. The van der Waals surface area contributed by atoms with E-state index < -0.39 is 27.7 Å². The Labute approximate surface area is 192 Å². The van der Waals surface area contributed by atoms with Crippen LogP contribution in [0, 0.1) is 0 Å². The summed E-state index contributed by atoms with van der Waals surface area (Å²) in [4.78, 5) is 16.7. The molecule has 33 heavy (non-hydrogen) atoms. The van der Waals surface area contributed by atoms with Crippen LogP contribution in [0.4, 0.5) is 18.9 Å². The SMILES string of the molecule is COc1ccc(NC(=O)Cc2csc(-c3ccc(C(F)(F)F)cc3)n2)cc1S(=O)(=O)N(C)C. The van der Waals surface area contributed by atoms with Crippen molar-refractivity contribution in [1.82, 2.24) is 9.29 Å². The minimum Gasteiger partial charge on any atom is -0.495 e. The number of alkyl halides is 3. The molecule has 2 aromatic carbocycles. The standard InChI is InChI=1S/C21H20F3N3O4S2/c1-27(2)33(29,30)18-10-15(8-9-17(18)31-3)25-19(28)11-16-12-32-20(26-16)13-4-6-14(7-5-13)21(22,23)24/h4-10,12H,11H2,1-3H3,(H,25,28). The van der Waals surface area contributed by atoms with E-state index in [1.807, 2.05) is 0 Å². The number of thiazole rings is 1. The highest BCUT2D eigenvalue weighted by Gasteiger charge is 2.30. The van der Waals surface area contributed by atoms with E-state index in [9.17, 15) is 26.4 Å². The number of amides is 1. The Kier molecular flexibility index (Phi) is 7.10. The van der Waals surface area contributed by atoms with Gasteiger partial charge in [-0.1, -0.05) is 12.1 Å². The Morgan fingerprint density at radius 3 is 2.39 bits per heavy atom. The molecule has 0 atom stereocenters. The van der Waals surface area contributed by atoms with Crippen LogP contribution in [0.5, 0.6) is 5.75 Å². The summed E-state index contributed by atoms with van der Waals surface area (Å²) >= 11 is 1.20. The van der Waals surface area contributed by atoms with Crippen LogP contribution in [0.15, 0.2) is 52.7 Å². The molecule has 0 saturated carbocycles. The summed E-state index contributed by atoms with van der Waals surface area (Å²) < 4.78 is 69.3. The molecule has 1 N–H and O–H groups in total. The summed E-state index contributed by atoms with van der Waals surface area (Å²) in [5, 5.41) is 4.75. The van der Waals surface area contributed by atoms with E-state index in [0.717, 1.165) is 16.4 Å². The first-order valence-corrected chi connectivity index (χ1v) is 11.8. The zero-order valence-electron chi connectivity index (χ0n) is 17.8. The predicted octanol–water partition coefficient (Wildman–Crippen LogP) is 4.27. The zero-order valence-corrected chi connectivity index (χ0v) is 19.4. The first kappa shape index (κ1) is 24.7. The van der Waals surface area contributed by atoms with Gasteiger partial charge in [-0.15, -0.1) is 11.3 Å². The van der Waals surface area contributed by atoms with Crippen molar-refractivity contribution in [3.05, 3.63) is 59.1 Å². The lowest BCUT2D eigenvalue weighted by molar-refractivity contribution is -0.137. The van der Waals surface area contributed by atoms with Crippen LogP contribution in [-0.4, -0.2) is 44.8 Å². The number of nitrogens with zero attached hydrogens (tertiary/aromatic N) is 2. The average Bonchev–Trinajstić information content (AvgIpc) is 3.21. The van der Waals surface area contributed by atoms with Gasteiger partial charge in [0.15, 0.2) is 0 Å². The number of methoxy groups -OCH3 is 1. The third kappa shape index (κ3) is 5.70. The molecule has 3 aromatic rings. The van der Waals surface area contributed by atoms with Crippen LogP contribution >= 0.6 is 11.3 Å². The Balaban J connectivity index is 1.73. The van der Waals surface area contributed by atoms with Crippen molar-refractivity contribution in [3.8, 4) is 16.3 Å². The molecule has 0 unspecified atom stereocenters. The first-order chi connectivity index (χ1) is 15.4. The highest BCUT2D eigenvalue weighted by molar-refractivity contribution is 7.89. The Hall–Kier alpha value is -2.96. The molecule has 7 nitrogen and oxygen atoms in total. The molecular formula is C21H20F3N3O4S2. The van der Waals surface area contributed by atoms with Gasteiger partial charge in [-0.25, -0.2) is 17.7 Å². The highest BCUT2D eigenvalue weighted by Crippen LogP contribution is 2.32. The number of carbonyl (C=O) groups excluding carboxylic acids is 1. The van der Waals surface area contributed by atoms with Gasteiger partial charge < -0.3 is 10.1 Å². The monoisotopic (exact) mass is 499 g/mol. The van der Waals surface area contributed by atoms with Crippen LogP contribution in [0.2, 0.25) is 0 Å². The molecule has 0 spiro atoms. The third-order valence-corrected chi connectivity index (χ3v) is 7.34. The number of anilines is 1. The summed E-state index contributed by atoms with van der Waals surface area (Å²) in [6, 6.07) is 8.88. The molecule has 0 bridgehead atoms. The minimum atomic E-state index is -4.42. The molecule has 0 aliphatic carbocycles. The fourth-order valence-electron chi connectivity index (χ4n) is 2.84. The molecule has 0 radical (unpaired) electrons. The molecule has 1 heterocycles. The molecule has 12 heteroatoms. The number of halogens is 3. The van der Waals surface area contributed by atoms with Gasteiger partial charge in [0.1, 0.15) is 15.7 Å². The van der Waals surface area contributed by atoms with Crippen LogP contribution in [0.25, 0.3) is 10.6 Å². The van der Waals surface area contributed by atoms with Gasteiger partial charge in [-0.2, -0.15) is 13.2 Å². The van der Waals surface area contributed by atoms with Crippen molar-refractivity contribution in [2.45, 2.75) is 17.5 Å². The van der Waals surface area contributed by atoms with Crippen molar-refractivity contribution in [1.29, 1.82) is 0 Å². The summed E-state index contributed by atoms with van der Waals surface area (Å²) in [5.41, 5.74) is 0.451. The second kappa shape index (κ2) is 9.49. The van der Waals surface area contributed by atoms with Crippen molar-refractivity contribution in [3.63, 3.8) is 0 Å². The number of ether oxygens (including phenoxy) is 1. The smallest absolute Gasteiger partial charge is 0.416 e. The normalized spacial score (nSPS) is 12.1. The first-order valence-electron chi connectivity index (χ1n) is 9.44. The van der Waals surface area contributed by atoms with E-state index >= 15 is 0 Å². The number of benzene rings is 2. The van der Waals surface area contributed by atoms with Gasteiger partial charge in [0.25, 0.3) is 0 Å². The fourth-order valence-corrected chi connectivity index (χ4v) is 4.75. The van der Waals surface area contributed by atoms with Gasteiger partial charge >= 0.3 is 6.18 Å². The van der Waals surface area contributed by atoms with Crippen LogP contribution in [0.1, 0.15) is 11.3 Å². The number of carbonyl (C=O) groups is 1. The molecule has 0 aliphatic rings. The highest BCUT2D eigenvalue weighted by atomic mass is 32.2. The number of rotatable bonds is 7. The molecular weight excluding hydrogens is 479 g/mol. The lowest BCUT2D eigenvalue weighted by Crippen LogP contribution is -2.23. The van der Waals surface area contributed by atoms with Crippen LogP contribution in [0.3, 0.4) is 0 Å². The van der Waals surface area contributed by atoms with Gasteiger partial charge in [-0.05, 0) is 30.3 Å². The minimum absolute atomic E-state index is 0.0916. The second-order valence-electron chi connectivity index (χ2n) is 7.10. The summed E-state index contributed by atoms with van der Waals surface area (Å²) in [6.07, 6.45) is -4.52. The Bertz CT molecular complexity index is 1250. The van der Waals surface area contributed by atoms with E-state index in [0.29, 0.717) is 16.3 Å². The Morgan fingerprint density at radius 1 is 1.15 bits per heavy atom. The topological polar surface area (TPSA) is 88.6 Å². The molecule has 0 saturated heterocycles. The van der Waals surface area contributed by atoms with Gasteiger partial charge in [0.05, 0.1) is 24.8 Å². The maximum absolute atomic E-state index is 12.7.